The molecule has 0 spiro atoms. The molecule has 2 rings (SSSR count). The molecule has 1 aromatic heterocycles. The molecule has 0 radical (unpaired) electrons. The number of carbonyl (C=O) groups is 1. The van der Waals surface area contributed by atoms with Gasteiger partial charge in [-0.1, -0.05) is 13.8 Å². The maximum atomic E-state index is 12.1. The molecule has 0 bridgehead atoms. The predicted molar refractivity (Wildman–Crippen MR) is 74.1 cm³/mol. The van der Waals surface area contributed by atoms with Gasteiger partial charge in [-0.25, -0.2) is 0 Å². The first-order valence-electron chi connectivity index (χ1n) is 6.60. The highest BCUT2D eigenvalue weighted by Gasteiger charge is 2.23. The molecule has 0 saturated carbocycles. The first kappa shape index (κ1) is 13.6. The number of amides is 1. The van der Waals surface area contributed by atoms with Crippen LogP contribution in [-0.4, -0.2) is 24.2 Å². The molecule has 1 aromatic rings. The van der Waals surface area contributed by atoms with Gasteiger partial charge in [0, 0.05) is 23.4 Å². The molecule has 0 saturated heterocycles. The Labute approximate surface area is 112 Å². The molecule has 2 atom stereocenters. The lowest BCUT2D eigenvalue weighted by atomic mass is 9.88. The van der Waals surface area contributed by atoms with Crippen LogP contribution in [0.4, 0.5) is 0 Å². The molecule has 1 aliphatic carbocycles. The molecule has 3 nitrogen and oxygen atoms in total. The fourth-order valence-electron chi connectivity index (χ4n) is 2.29. The summed E-state index contributed by atoms with van der Waals surface area (Å²) in [4.78, 5) is 13.5. The monoisotopic (exact) mass is 267 g/mol. The highest BCUT2D eigenvalue weighted by atomic mass is 32.1. The molecular formula is C14H21NO2S. The van der Waals surface area contributed by atoms with Gasteiger partial charge < -0.3 is 10.4 Å². The van der Waals surface area contributed by atoms with Crippen LogP contribution in [-0.2, 0) is 12.8 Å². The van der Waals surface area contributed by atoms with Crippen molar-refractivity contribution in [3.63, 3.8) is 0 Å². The Morgan fingerprint density at radius 3 is 3.17 bits per heavy atom. The van der Waals surface area contributed by atoms with Crippen LogP contribution in [0.25, 0.3) is 0 Å². The summed E-state index contributed by atoms with van der Waals surface area (Å²) in [7, 11) is 0. The minimum absolute atomic E-state index is 0.0161. The summed E-state index contributed by atoms with van der Waals surface area (Å²) in [6.45, 7) is 4.84. The van der Waals surface area contributed by atoms with Crippen molar-refractivity contribution < 1.29 is 9.90 Å². The number of aliphatic hydroxyl groups is 1. The molecule has 18 heavy (non-hydrogen) atoms. The predicted octanol–water partition coefficient (Wildman–Crippen LogP) is 2.23. The third-order valence-electron chi connectivity index (χ3n) is 3.57. The van der Waals surface area contributed by atoms with Crippen LogP contribution >= 0.6 is 11.3 Å². The van der Waals surface area contributed by atoms with E-state index in [9.17, 15) is 4.79 Å². The summed E-state index contributed by atoms with van der Waals surface area (Å²) in [5.41, 5.74) is 2.11. The second-order valence-electron chi connectivity index (χ2n) is 5.40. The average Bonchev–Trinajstić information content (AvgIpc) is 2.78. The third-order valence-corrected chi connectivity index (χ3v) is 4.62. The van der Waals surface area contributed by atoms with Crippen molar-refractivity contribution in [3.05, 3.63) is 21.4 Å². The fourth-order valence-corrected chi connectivity index (χ4v) is 3.54. The van der Waals surface area contributed by atoms with Gasteiger partial charge >= 0.3 is 0 Å². The Balaban J connectivity index is 2.03. The van der Waals surface area contributed by atoms with Crippen molar-refractivity contribution in [1.82, 2.24) is 5.32 Å². The molecule has 1 amide bonds. The van der Waals surface area contributed by atoms with Gasteiger partial charge in [-0.3, -0.25) is 4.79 Å². The van der Waals surface area contributed by atoms with E-state index in [0.717, 1.165) is 24.3 Å². The number of rotatable bonds is 4. The number of nitrogens with one attached hydrogen (secondary N) is 1. The normalized spacial score (nSPS) is 20.3. The van der Waals surface area contributed by atoms with Crippen LogP contribution in [0, 0.1) is 11.8 Å². The molecule has 1 heterocycles. The standard InChI is InChI=1S/C14H21NO2S/c1-9-3-4-11-12(8-18-13(11)5-9)14(17)15-6-10(2)7-16/h8-10,16H,3-7H2,1-2H3,(H,15,17). The number of aliphatic hydroxyl groups excluding tert-OH is 1. The summed E-state index contributed by atoms with van der Waals surface area (Å²) in [6, 6.07) is 0. The van der Waals surface area contributed by atoms with Crippen molar-refractivity contribution in [2.75, 3.05) is 13.2 Å². The van der Waals surface area contributed by atoms with Crippen molar-refractivity contribution in [1.29, 1.82) is 0 Å². The van der Waals surface area contributed by atoms with E-state index in [1.165, 1.54) is 16.9 Å². The summed E-state index contributed by atoms with van der Waals surface area (Å²) in [5.74, 6) is 0.868. The topological polar surface area (TPSA) is 49.3 Å². The van der Waals surface area contributed by atoms with Gasteiger partial charge in [-0.2, -0.15) is 0 Å². The third kappa shape index (κ3) is 2.93. The Bertz CT molecular complexity index is 427. The summed E-state index contributed by atoms with van der Waals surface area (Å²) < 4.78 is 0. The lowest BCUT2D eigenvalue weighted by Crippen LogP contribution is -2.30. The average molecular weight is 267 g/mol. The maximum Gasteiger partial charge on any atom is 0.252 e. The van der Waals surface area contributed by atoms with E-state index in [-0.39, 0.29) is 18.4 Å². The second kappa shape index (κ2) is 5.85. The maximum absolute atomic E-state index is 12.1. The first-order valence-corrected chi connectivity index (χ1v) is 7.48. The quantitative estimate of drug-likeness (QED) is 0.879. The lowest BCUT2D eigenvalue weighted by molar-refractivity contribution is 0.0941. The van der Waals surface area contributed by atoms with Gasteiger partial charge in [-0.05, 0) is 36.7 Å². The van der Waals surface area contributed by atoms with Crippen LogP contribution in [0.3, 0.4) is 0 Å². The number of thiophene rings is 1. The summed E-state index contributed by atoms with van der Waals surface area (Å²) in [5, 5.41) is 13.8. The van der Waals surface area contributed by atoms with Gasteiger partial charge in [0.25, 0.3) is 5.91 Å². The van der Waals surface area contributed by atoms with E-state index in [1.807, 2.05) is 12.3 Å². The van der Waals surface area contributed by atoms with Gasteiger partial charge in [-0.15, -0.1) is 11.3 Å². The number of carbonyl (C=O) groups excluding carboxylic acids is 1. The van der Waals surface area contributed by atoms with Crippen LogP contribution < -0.4 is 5.32 Å². The minimum Gasteiger partial charge on any atom is -0.396 e. The highest BCUT2D eigenvalue weighted by Crippen LogP contribution is 2.32. The summed E-state index contributed by atoms with van der Waals surface area (Å²) in [6.07, 6.45) is 3.32. The molecule has 2 N–H and O–H groups in total. The molecular weight excluding hydrogens is 246 g/mol. The van der Waals surface area contributed by atoms with Gasteiger partial charge in [0.1, 0.15) is 0 Å². The van der Waals surface area contributed by atoms with Gasteiger partial charge in [0.15, 0.2) is 0 Å². The van der Waals surface area contributed by atoms with Crippen LogP contribution in [0.5, 0.6) is 0 Å². The van der Waals surface area contributed by atoms with Gasteiger partial charge in [0.05, 0.1) is 5.56 Å². The molecule has 4 heteroatoms. The summed E-state index contributed by atoms with van der Waals surface area (Å²) >= 11 is 1.71. The van der Waals surface area contributed by atoms with E-state index in [1.54, 1.807) is 11.3 Å². The van der Waals surface area contributed by atoms with Crippen LogP contribution in [0.15, 0.2) is 5.38 Å². The van der Waals surface area contributed by atoms with Crippen molar-refractivity contribution in [2.24, 2.45) is 11.8 Å². The Kier molecular flexibility index (Phi) is 4.40. The largest absolute Gasteiger partial charge is 0.396 e. The Morgan fingerprint density at radius 2 is 2.44 bits per heavy atom. The van der Waals surface area contributed by atoms with E-state index in [0.29, 0.717) is 6.54 Å². The first-order chi connectivity index (χ1) is 8.61. The van der Waals surface area contributed by atoms with Crippen LogP contribution in [0.2, 0.25) is 0 Å². The molecule has 100 valence electrons. The van der Waals surface area contributed by atoms with E-state index in [4.69, 9.17) is 5.11 Å². The van der Waals surface area contributed by atoms with Crippen molar-refractivity contribution in [2.45, 2.75) is 33.1 Å². The molecule has 2 unspecified atom stereocenters. The van der Waals surface area contributed by atoms with Crippen LogP contribution in [0.1, 0.15) is 41.1 Å². The molecule has 0 aliphatic heterocycles. The van der Waals surface area contributed by atoms with Gasteiger partial charge in [0.2, 0.25) is 0 Å². The minimum atomic E-state index is 0.0161. The smallest absolute Gasteiger partial charge is 0.252 e. The van der Waals surface area contributed by atoms with Crippen molar-refractivity contribution in [3.8, 4) is 0 Å². The molecule has 0 fully saturated rings. The second-order valence-corrected chi connectivity index (χ2v) is 6.36. The highest BCUT2D eigenvalue weighted by molar-refractivity contribution is 7.10. The SMILES string of the molecule is CC(CO)CNC(=O)c1csc2c1CCC(C)C2. The zero-order chi connectivity index (χ0) is 13.1. The molecule has 0 aromatic carbocycles. The number of hydrogen-bond donors (Lipinski definition) is 2. The Morgan fingerprint density at radius 1 is 1.67 bits per heavy atom. The number of fused-ring (bicyclic) bond motifs is 1. The zero-order valence-corrected chi connectivity index (χ0v) is 11.8. The molecule has 1 aliphatic rings. The Hall–Kier alpha value is -0.870. The van der Waals surface area contributed by atoms with E-state index in [2.05, 4.69) is 12.2 Å². The zero-order valence-electron chi connectivity index (χ0n) is 11.0. The fraction of sp³-hybridized carbons (Fsp3) is 0.643. The van der Waals surface area contributed by atoms with E-state index < -0.39 is 0 Å². The lowest BCUT2D eigenvalue weighted by Gasteiger charge is -2.19. The van der Waals surface area contributed by atoms with E-state index >= 15 is 0 Å². The van der Waals surface area contributed by atoms with Crippen molar-refractivity contribution >= 4 is 17.2 Å². The number of hydrogen-bond acceptors (Lipinski definition) is 3.